The van der Waals surface area contributed by atoms with Crippen LogP contribution in [-0.2, 0) is 0 Å². The maximum atomic E-state index is 5.93. The lowest BCUT2D eigenvalue weighted by Crippen LogP contribution is -2.13. The minimum absolute atomic E-state index is 0.385. The van der Waals surface area contributed by atoms with Crippen LogP contribution in [0.3, 0.4) is 0 Å². The Morgan fingerprint density at radius 1 is 1.31 bits per heavy atom. The van der Waals surface area contributed by atoms with E-state index >= 15 is 0 Å². The smallest absolute Gasteiger partial charge is 0.0348 e. The number of rotatable bonds is 1. The first kappa shape index (κ1) is 10.1. The Morgan fingerprint density at radius 2 is 2.19 bits per heavy atom. The molecule has 1 nitrogen and oxygen atoms in total. The minimum Gasteiger partial charge on any atom is -0.327 e. The standard InChI is InChI=1S/C14H15NS/c15-12-6-5-10(8-12)7-11-9-16-14-4-2-1-3-13(11)14/h1-4,7,9,12H,5-6,8,15H2. The molecule has 1 heterocycles. The number of benzene rings is 1. The van der Waals surface area contributed by atoms with Crippen LogP contribution in [0.25, 0.3) is 16.2 Å². The Balaban J connectivity index is 2.01. The Bertz CT molecular complexity index is 538. The van der Waals surface area contributed by atoms with Gasteiger partial charge in [0.25, 0.3) is 0 Å². The van der Waals surface area contributed by atoms with Crippen molar-refractivity contribution in [3.05, 3.63) is 40.8 Å². The van der Waals surface area contributed by atoms with Gasteiger partial charge in [0.1, 0.15) is 0 Å². The van der Waals surface area contributed by atoms with Crippen molar-refractivity contribution in [1.82, 2.24) is 0 Å². The normalized spacial score (nSPS) is 23.3. The van der Waals surface area contributed by atoms with Crippen LogP contribution in [0, 0.1) is 0 Å². The van der Waals surface area contributed by atoms with Crippen molar-refractivity contribution >= 4 is 27.5 Å². The second kappa shape index (κ2) is 4.04. The predicted octanol–water partition coefficient (Wildman–Crippen LogP) is 3.80. The second-order valence-corrected chi connectivity index (χ2v) is 5.40. The molecule has 3 rings (SSSR count). The van der Waals surface area contributed by atoms with E-state index < -0.39 is 0 Å². The highest BCUT2D eigenvalue weighted by atomic mass is 32.1. The molecule has 2 aromatic rings. The van der Waals surface area contributed by atoms with Gasteiger partial charge in [0.2, 0.25) is 0 Å². The van der Waals surface area contributed by atoms with E-state index in [1.54, 1.807) is 0 Å². The summed E-state index contributed by atoms with van der Waals surface area (Å²) in [6.45, 7) is 0. The van der Waals surface area contributed by atoms with Gasteiger partial charge in [-0.1, -0.05) is 29.8 Å². The van der Waals surface area contributed by atoms with E-state index in [-0.39, 0.29) is 0 Å². The maximum Gasteiger partial charge on any atom is 0.0348 e. The average Bonchev–Trinajstić information content (AvgIpc) is 2.87. The molecule has 0 spiro atoms. The summed E-state index contributed by atoms with van der Waals surface area (Å²) in [7, 11) is 0. The van der Waals surface area contributed by atoms with Crippen molar-refractivity contribution in [2.45, 2.75) is 25.3 Å². The average molecular weight is 229 g/mol. The summed E-state index contributed by atoms with van der Waals surface area (Å²) in [4.78, 5) is 0. The van der Waals surface area contributed by atoms with E-state index in [0.29, 0.717) is 6.04 Å². The van der Waals surface area contributed by atoms with Gasteiger partial charge in [0, 0.05) is 10.7 Å². The topological polar surface area (TPSA) is 26.0 Å². The molecular weight excluding hydrogens is 214 g/mol. The lowest BCUT2D eigenvalue weighted by atomic mass is 10.1. The van der Waals surface area contributed by atoms with E-state index in [1.165, 1.54) is 27.6 Å². The number of hydrogen-bond donors (Lipinski definition) is 1. The van der Waals surface area contributed by atoms with Crippen molar-refractivity contribution in [2.75, 3.05) is 0 Å². The molecule has 0 saturated heterocycles. The van der Waals surface area contributed by atoms with Gasteiger partial charge in [-0.15, -0.1) is 11.3 Å². The molecule has 16 heavy (non-hydrogen) atoms. The van der Waals surface area contributed by atoms with E-state index in [1.807, 2.05) is 11.3 Å². The zero-order chi connectivity index (χ0) is 11.0. The lowest BCUT2D eigenvalue weighted by Gasteiger charge is -1.97. The summed E-state index contributed by atoms with van der Waals surface area (Å²) in [5.41, 5.74) is 8.80. The van der Waals surface area contributed by atoms with Crippen LogP contribution in [0.4, 0.5) is 0 Å². The molecule has 0 amide bonds. The quantitative estimate of drug-likeness (QED) is 0.791. The van der Waals surface area contributed by atoms with E-state index in [0.717, 1.165) is 12.8 Å². The van der Waals surface area contributed by atoms with Gasteiger partial charge in [0.05, 0.1) is 0 Å². The Kier molecular flexibility index (Phi) is 2.54. The third-order valence-electron chi connectivity index (χ3n) is 3.23. The van der Waals surface area contributed by atoms with Gasteiger partial charge in [-0.3, -0.25) is 0 Å². The van der Waals surface area contributed by atoms with Gasteiger partial charge in [-0.25, -0.2) is 0 Å². The van der Waals surface area contributed by atoms with Crippen molar-refractivity contribution in [3.63, 3.8) is 0 Å². The fourth-order valence-electron chi connectivity index (χ4n) is 2.37. The monoisotopic (exact) mass is 229 g/mol. The van der Waals surface area contributed by atoms with Gasteiger partial charge in [-0.05, 0) is 41.7 Å². The van der Waals surface area contributed by atoms with Gasteiger partial charge < -0.3 is 5.73 Å². The first-order valence-corrected chi connectivity index (χ1v) is 6.62. The van der Waals surface area contributed by atoms with Crippen molar-refractivity contribution < 1.29 is 0 Å². The summed E-state index contributed by atoms with van der Waals surface area (Å²) in [5, 5.41) is 3.63. The van der Waals surface area contributed by atoms with E-state index in [9.17, 15) is 0 Å². The third-order valence-corrected chi connectivity index (χ3v) is 4.21. The van der Waals surface area contributed by atoms with Crippen LogP contribution >= 0.6 is 11.3 Å². The van der Waals surface area contributed by atoms with Gasteiger partial charge in [-0.2, -0.15) is 0 Å². The Labute approximate surface area is 99.6 Å². The predicted molar refractivity (Wildman–Crippen MR) is 71.6 cm³/mol. The number of thiophene rings is 1. The Morgan fingerprint density at radius 3 is 3.00 bits per heavy atom. The molecule has 1 aliphatic carbocycles. The maximum absolute atomic E-state index is 5.93. The molecule has 0 aliphatic heterocycles. The summed E-state index contributed by atoms with van der Waals surface area (Å²) < 4.78 is 1.37. The fourth-order valence-corrected chi connectivity index (χ4v) is 3.29. The lowest BCUT2D eigenvalue weighted by molar-refractivity contribution is 0.711. The molecule has 2 N–H and O–H groups in total. The van der Waals surface area contributed by atoms with Crippen LogP contribution in [-0.4, -0.2) is 6.04 Å². The van der Waals surface area contributed by atoms with E-state index in [2.05, 4.69) is 35.7 Å². The molecule has 1 unspecified atom stereocenters. The summed E-state index contributed by atoms with van der Waals surface area (Å²) in [6, 6.07) is 8.98. The highest BCUT2D eigenvalue weighted by Gasteiger charge is 2.15. The zero-order valence-corrected chi connectivity index (χ0v) is 9.96. The van der Waals surface area contributed by atoms with Crippen molar-refractivity contribution in [2.24, 2.45) is 5.73 Å². The summed E-state index contributed by atoms with van der Waals surface area (Å²) >= 11 is 1.82. The molecule has 0 bridgehead atoms. The molecule has 1 atom stereocenters. The van der Waals surface area contributed by atoms with Crippen LogP contribution in [0.1, 0.15) is 24.8 Å². The molecule has 1 aromatic heterocycles. The van der Waals surface area contributed by atoms with Gasteiger partial charge in [0.15, 0.2) is 0 Å². The molecule has 1 saturated carbocycles. The largest absolute Gasteiger partial charge is 0.327 e. The van der Waals surface area contributed by atoms with Crippen LogP contribution in [0.15, 0.2) is 35.2 Å². The molecule has 82 valence electrons. The fraction of sp³-hybridized carbons (Fsp3) is 0.286. The highest BCUT2D eigenvalue weighted by molar-refractivity contribution is 7.17. The minimum atomic E-state index is 0.385. The number of hydrogen-bond acceptors (Lipinski definition) is 2. The molecule has 0 radical (unpaired) electrons. The zero-order valence-electron chi connectivity index (χ0n) is 9.15. The van der Waals surface area contributed by atoms with Crippen LogP contribution in [0.2, 0.25) is 0 Å². The SMILES string of the molecule is NC1CCC(=Cc2csc3ccccc23)C1. The molecular formula is C14H15NS. The molecule has 1 aromatic carbocycles. The highest BCUT2D eigenvalue weighted by Crippen LogP contribution is 2.31. The first-order chi connectivity index (χ1) is 7.83. The number of nitrogens with two attached hydrogens (primary N) is 1. The summed E-state index contributed by atoms with van der Waals surface area (Å²) in [5.74, 6) is 0. The first-order valence-electron chi connectivity index (χ1n) is 5.74. The Hall–Kier alpha value is -1.12. The van der Waals surface area contributed by atoms with Crippen LogP contribution < -0.4 is 5.73 Å². The molecule has 1 aliphatic rings. The van der Waals surface area contributed by atoms with Crippen molar-refractivity contribution in [3.8, 4) is 0 Å². The third kappa shape index (κ3) is 1.79. The number of fused-ring (bicyclic) bond motifs is 1. The molecule has 1 fully saturated rings. The van der Waals surface area contributed by atoms with E-state index in [4.69, 9.17) is 5.73 Å². The summed E-state index contributed by atoms with van der Waals surface area (Å²) in [6.07, 6.45) is 5.73. The molecule has 2 heteroatoms. The van der Waals surface area contributed by atoms with Crippen molar-refractivity contribution in [1.29, 1.82) is 0 Å². The second-order valence-electron chi connectivity index (χ2n) is 4.49. The van der Waals surface area contributed by atoms with Gasteiger partial charge >= 0.3 is 0 Å². The van der Waals surface area contributed by atoms with Crippen LogP contribution in [0.5, 0.6) is 0 Å².